The van der Waals surface area contributed by atoms with Gasteiger partial charge in [0.15, 0.2) is 0 Å². The Labute approximate surface area is 137 Å². The fraction of sp³-hybridized carbons (Fsp3) is 0. The summed E-state index contributed by atoms with van der Waals surface area (Å²) in [6, 6.07) is 18.9. The lowest BCUT2D eigenvalue weighted by Gasteiger charge is -2.04. The van der Waals surface area contributed by atoms with Gasteiger partial charge in [-0.25, -0.2) is 0 Å². The van der Waals surface area contributed by atoms with Crippen molar-refractivity contribution >= 4 is 22.7 Å². The summed E-state index contributed by atoms with van der Waals surface area (Å²) in [5.41, 5.74) is 2.25. The van der Waals surface area contributed by atoms with E-state index in [0.29, 0.717) is 11.4 Å². The fourth-order valence-electron chi connectivity index (χ4n) is 2.57. The van der Waals surface area contributed by atoms with Crippen molar-refractivity contribution in [2.45, 2.75) is 0 Å². The van der Waals surface area contributed by atoms with E-state index in [1.807, 2.05) is 54.6 Å². The first kappa shape index (κ1) is 14.1. The van der Waals surface area contributed by atoms with Crippen molar-refractivity contribution in [2.24, 2.45) is 4.99 Å². The predicted molar refractivity (Wildman–Crippen MR) is 92.5 cm³/mol. The third-order valence-electron chi connectivity index (χ3n) is 3.74. The van der Waals surface area contributed by atoms with Gasteiger partial charge in [-0.1, -0.05) is 42.5 Å². The average Bonchev–Trinajstić information content (AvgIpc) is 3.16. The van der Waals surface area contributed by atoms with Crippen LogP contribution in [0.25, 0.3) is 22.2 Å². The Hall–Kier alpha value is -3.54. The van der Waals surface area contributed by atoms with E-state index in [4.69, 9.17) is 0 Å². The molecule has 1 aromatic heterocycles. The second-order valence-corrected chi connectivity index (χ2v) is 5.26. The molecule has 0 bridgehead atoms. The summed E-state index contributed by atoms with van der Waals surface area (Å²) in [7, 11) is 0. The maximum Gasteiger partial charge on any atom is 0.204 e. The monoisotopic (exact) mass is 315 g/mol. The number of aromatic hydroxyl groups is 1. The van der Waals surface area contributed by atoms with Gasteiger partial charge >= 0.3 is 0 Å². The summed E-state index contributed by atoms with van der Waals surface area (Å²) >= 11 is 0. The van der Waals surface area contributed by atoms with Crippen LogP contribution in [0.4, 0.5) is 5.69 Å². The number of phenols is 1. The molecule has 3 aromatic carbocycles. The van der Waals surface area contributed by atoms with Crippen molar-refractivity contribution in [1.29, 1.82) is 0 Å². The van der Waals surface area contributed by atoms with E-state index in [-0.39, 0.29) is 5.75 Å². The lowest BCUT2D eigenvalue weighted by atomic mass is 10.0. The normalized spacial score (nSPS) is 11.3. The van der Waals surface area contributed by atoms with Gasteiger partial charge in [0, 0.05) is 17.3 Å². The number of fused-ring (bicyclic) bond motifs is 1. The first-order valence-corrected chi connectivity index (χ1v) is 7.40. The topological polar surface area (TPSA) is 87.0 Å². The van der Waals surface area contributed by atoms with Gasteiger partial charge in [0.25, 0.3) is 0 Å². The standard InChI is InChI=1S/C18H13N5O/c24-17-9-8-12-4-1-2-7-15(12)16(17)11-19-14-6-3-5-13(10-14)18-20-22-23-21-18/h1-11,24H,(H,20,21,22,23). The Morgan fingerprint density at radius 1 is 1.00 bits per heavy atom. The first-order valence-electron chi connectivity index (χ1n) is 7.40. The third kappa shape index (κ3) is 2.61. The Morgan fingerprint density at radius 3 is 2.79 bits per heavy atom. The molecule has 0 aliphatic carbocycles. The minimum absolute atomic E-state index is 0.201. The molecule has 4 rings (SSSR count). The molecular weight excluding hydrogens is 302 g/mol. The molecule has 6 nitrogen and oxygen atoms in total. The molecule has 0 amide bonds. The van der Waals surface area contributed by atoms with Crippen LogP contribution in [-0.2, 0) is 0 Å². The lowest BCUT2D eigenvalue weighted by molar-refractivity contribution is 0.475. The van der Waals surface area contributed by atoms with Crippen molar-refractivity contribution in [1.82, 2.24) is 20.6 Å². The van der Waals surface area contributed by atoms with Gasteiger partial charge in [-0.3, -0.25) is 4.99 Å². The van der Waals surface area contributed by atoms with Crippen LogP contribution >= 0.6 is 0 Å². The number of phenolic OH excluding ortho intramolecular Hbond substituents is 1. The summed E-state index contributed by atoms with van der Waals surface area (Å²) in [6.07, 6.45) is 1.67. The molecule has 116 valence electrons. The molecule has 0 unspecified atom stereocenters. The number of H-pyrrole nitrogens is 1. The van der Waals surface area contributed by atoms with Crippen LogP contribution in [0.1, 0.15) is 5.56 Å². The molecule has 1 heterocycles. The summed E-state index contributed by atoms with van der Waals surface area (Å²) < 4.78 is 0. The van der Waals surface area contributed by atoms with Crippen LogP contribution in [0.3, 0.4) is 0 Å². The molecule has 0 spiro atoms. The second-order valence-electron chi connectivity index (χ2n) is 5.26. The molecule has 0 saturated carbocycles. The minimum Gasteiger partial charge on any atom is -0.507 e. The summed E-state index contributed by atoms with van der Waals surface area (Å²) in [4.78, 5) is 4.49. The molecular formula is C18H13N5O. The van der Waals surface area contributed by atoms with Crippen molar-refractivity contribution in [2.75, 3.05) is 0 Å². The molecule has 24 heavy (non-hydrogen) atoms. The number of aromatic amines is 1. The van der Waals surface area contributed by atoms with E-state index in [9.17, 15) is 5.11 Å². The Morgan fingerprint density at radius 2 is 1.92 bits per heavy atom. The number of nitrogens with one attached hydrogen (secondary N) is 1. The van der Waals surface area contributed by atoms with E-state index in [1.165, 1.54) is 0 Å². The highest BCUT2D eigenvalue weighted by atomic mass is 16.3. The molecule has 0 fully saturated rings. The number of benzene rings is 3. The van der Waals surface area contributed by atoms with Gasteiger partial charge in [-0.2, -0.15) is 5.21 Å². The number of tetrazole rings is 1. The molecule has 0 saturated heterocycles. The number of rotatable bonds is 3. The third-order valence-corrected chi connectivity index (χ3v) is 3.74. The Bertz CT molecular complexity index is 1020. The van der Waals surface area contributed by atoms with Gasteiger partial charge < -0.3 is 5.11 Å². The zero-order chi connectivity index (χ0) is 16.4. The molecule has 0 aliphatic rings. The number of hydrogen-bond donors (Lipinski definition) is 2. The minimum atomic E-state index is 0.201. The smallest absolute Gasteiger partial charge is 0.204 e. The molecule has 6 heteroatoms. The fourth-order valence-corrected chi connectivity index (χ4v) is 2.57. The average molecular weight is 315 g/mol. The van der Waals surface area contributed by atoms with Gasteiger partial charge in [-0.05, 0) is 34.2 Å². The number of nitrogens with zero attached hydrogens (tertiary/aromatic N) is 4. The molecule has 0 radical (unpaired) electrons. The highest BCUT2D eigenvalue weighted by molar-refractivity contribution is 6.03. The van der Waals surface area contributed by atoms with Crippen LogP contribution < -0.4 is 0 Å². The van der Waals surface area contributed by atoms with Crippen LogP contribution in [0.5, 0.6) is 5.75 Å². The van der Waals surface area contributed by atoms with Gasteiger partial charge in [0.2, 0.25) is 5.82 Å². The van der Waals surface area contributed by atoms with Crippen molar-refractivity contribution < 1.29 is 5.11 Å². The molecule has 0 atom stereocenters. The number of aromatic nitrogens is 4. The first-order chi connectivity index (χ1) is 11.8. The predicted octanol–water partition coefficient (Wildman–Crippen LogP) is 3.48. The Balaban J connectivity index is 1.74. The van der Waals surface area contributed by atoms with Crippen molar-refractivity contribution in [3.8, 4) is 17.1 Å². The maximum atomic E-state index is 10.2. The van der Waals surface area contributed by atoms with Gasteiger partial charge in [0.05, 0.1) is 5.69 Å². The van der Waals surface area contributed by atoms with E-state index < -0.39 is 0 Å². The van der Waals surface area contributed by atoms with E-state index in [0.717, 1.165) is 22.0 Å². The summed E-state index contributed by atoms with van der Waals surface area (Å²) in [6.45, 7) is 0. The highest BCUT2D eigenvalue weighted by Crippen LogP contribution is 2.27. The SMILES string of the molecule is Oc1ccc2ccccc2c1C=Nc1cccc(-c2nn[nH]n2)c1. The number of aliphatic imine (C=N–C) groups is 1. The lowest BCUT2D eigenvalue weighted by Crippen LogP contribution is -1.86. The Kier molecular flexibility index (Phi) is 3.47. The molecule has 2 N–H and O–H groups in total. The largest absolute Gasteiger partial charge is 0.507 e. The van der Waals surface area contributed by atoms with Crippen molar-refractivity contribution in [3.63, 3.8) is 0 Å². The number of hydrogen-bond acceptors (Lipinski definition) is 5. The maximum absolute atomic E-state index is 10.2. The van der Waals surface area contributed by atoms with Crippen molar-refractivity contribution in [3.05, 3.63) is 66.2 Å². The molecule has 0 aliphatic heterocycles. The second kappa shape index (κ2) is 5.92. The quantitative estimate of drug-likeness (QED) is 0.567. The van der Waals surface area contributed by atoms with Crippen LogP contribution in [0.2, 0.25) is 0 Å². The van der Waals surface area contributed by atoms with Crippen LogP contribution in [-0.4, -0.2) is 31.9 Å². The zero-order valence-electron chi connectivity index (χ0n) is 12.6. The van der Waals surface area contributed by atoms with E-state index >= 15 is 0 Å². The van der Waals surface area contributed by atoms with Gasteiger partial charge in [-0.15, -0.1) is 10.2 Å². The summed E-state index contributed by atoms with van der Waals surface area (Å²) in [5, 5.41) is 26.1. The van der Waals surface area contributed by atoms with E-state index in [2.05, 4.69) is 25.6 Å². The highest BCUT2D eigenvalue weighted by Gasteiger charge is 2.05. The summed E-state index contributed by atoms with van der Waals surface area (Å²) in [5.74, 6) is 0.715. The molecule has 4 aromatic rings. The van der Waals surface area contributed by atoms with Crippen LogP contribution in [0, 0.1) is 0 Å². The van der Waals surface area contributed by atoms with E-state index in [1.54, 1.807) is 12.3 Å². The van der Waals surface area contributed by atoms with Crippen LogP contribution in [0.15, 0.2) is 65.7 Å². The van der Waals surface area contributed by atoms with Gasteiger partial charge in [0.1, 0.15) is 5.75 Å². The zero-order valence-corrected chi connectivity index (χ0v) is 12.6.